The molecule has 2 aromatic rings. The molecule has 0 fully saturated rings. The fraction of sp³-hybridized carbons (Fsp3) is 0.167. The van der Waals surface area contributed by atoms with Gasteiger partial charge in [0.1, 0.15) is 6.20 Å². The minimum atomic E-state index is -4.64. The van der Waals surface area contributed by atoms with Crippen molar-refractivity contribution in [1.29, 1.82) is 0 Å². The molecule has 9 nitrogen and oxygen atoms in total. The Morgan fingerprint density at radius 3 is 2.50 bits per heavy atom. The highest BCUT2D eigenvalue weighted by molar-refractivity contribution is 7.91. The van der Waals surface area contributed by atoms with E-state index in [0.717, 1.165) is 12.1 Å². The summed E-state index contributed by atoms with van der Waals surface area (Å²) in [5, 5.41) is 14.5. The summed E-state index contributed by atoms with van der Waals surface area (Å²) in [5.74, 6) is -3.84. The van der Waals surface area contributed by atoms with Gasteiger partial charge in [0, 0.05) is 0 Å². The van der Waals surface area contributed by atoms with Crippen LogP contribution in [0.4, 0.5) is 20.4 Å². The van der Waals surface area contributed by atoms with E-state index in [1.807, 2.05) is 0 Å². The number of nitrogens with one attached hydrogen (secondary N) is 1. The first-order chi connectivity index (χ1) is 11.2. The van der Waals surface area contributed by atoms with E-state index in [9.17, 15) is 27.3 Å². The number of imidazole rings is 1. The summed E-state index contributed by atoms with van der Waals surface area (Å²) in [6.45, 7) is 0. The molecule has 0 saturated heterocycles. The number of hydrazone groups is 1. The first-order valence-electron chi connectivity index (χ1n) is 6.31. The molecule has 0 unspecified atom stereocenters. The predicted octanol–water partition coefficient (Wildman–Crippen LogP) is 1.77. The van der Waals surface area contributed by atoms with E-state index in [4.69, 9.17) is 0 Å². The monoisotopic (exact) mass is 359 g/mol. The molecule has 0 amide bonds. The van der Waals surface area contributed by atoms with Gasteiger partial charge in [0.2, 0.25) is 9.84 Å². The van der Waals surface area contributed by atoms with Crippen LogP contribution in [-0.4, -0.2) is 34.9 Å². The molecule has 1 heterocycles. The van der Waals surface area contributed by atoms with Gasteiger partial charge in [-0.15, -0.1) is 0 Å². The number of hydrogen-bond acceptors (Lipinski definition) is 7. The number of benzene rings is 1. The second-order valence-electron chi connectivity index (χ2n) is 4.50. The van der Waals surface area contributed by atoms with Crippen LogP contribution in [0.2, 0.25) is 0 Å². The van der Waals surface area contributed by atoms with Crippen molar-refractivity contribution in [3.8, 4) is 0 Å². The van der Waals surface area contributed by atoms with E-state index in [0.29, 0.717) is 11.4 Å². The Hall–Kier alpha value is -2.89. The molecule has 0 atom stereocenters. The third-order valence-electron chi connectivity index (χ3n) is 2.97. The van der Waals surface area contributed by atoms with Crippen LogP contribution < -0.4 is 5.43 Å². The quantitative estimate of drug-likeness (QED) is 0.477. The number of aromatic nitrogens is 2. The Labute approximate surface area is 134 Å². The van der Waals surface area contributed by atoms with Crippen LogP contribution in [0.25, 0.3) is 0 Å². The zero-order valence-electron chi connectivity index (χ0n) is 12.1. The van der Waals surface area contributed by atoms with Crippen molar-refractivity contribution >= 4 is 27.7 Å². The first kappa shape index (κ1) is 17.5. The van der Waals surface area contributed by atoms with E-state index in [-0.39, 0.29) is 5.95 Å². The average molecular weight is 359 g/mol. The van der Waals surface area contributed by atoms with E-state index in [1.54, 1.807) is 0 Å². The maximum Gasteiger partial charge on any atom is 0.434 e. The highest BCUT2D eigenvalue weighted by Gasteiger charge is 2.26. The average Bonchev–Trinajstić information content (AvgIpc) is 2.89. The van der Waals surface area contributed by atoms with Gasteiger partial charge in [0.05, 0.1) is 23.8 Å². The number of nitro groups is 1. The SMILES string of the molecule is Cn1c(C=NNc2ccc(S(=O)(=O)C(F)F)cc2)cnc1[N+](=O)[O-]. The molecule has 2 rings (SSSR count). The molecule has 0 aliphatic rings. The zero-order chi connectivity index (χ0) is 17.9. The van der Waals surface area contributed by atoms with Crippen LogP contribution in [-0.2, 0) is 16.9 Å². The molecular weight excluding hydrogens is 348 g/mol. The number of anilines is 1. The second-order valence-corrected chi connectivity index (χ2v) is 6.42. The second kappa shape index (κ2) is 6.70. The molecule has 1 aromatic carbocycles. The summed E-state index contributed by atoms with van der Waals surface area (Å²) in [6, 6.07) is 4.57. The molecule has 128 valence electrons. The van der Waals surface area contributed by atoms with Crippen molar-refractivity contribution < 1.29 is 22.1 Å². The molecule has 0 aliphatic carbocycles. The summed E-state index contributed by atoms with van der Waals surface area (Å²) in [5.41, 5.74) is 3.24. The molecule has 24 heavy (non-hydrogen) atoms. The number of halogens is 2. The van der Waals surface area contributed by atoms with E-state index >= 15 is 0 Å². The predicted molar refractivity (Wildman–Crippen MR) is 80.7 cm³/mol. The van der Waals surface area contributed by atoms with Gasteiger partial charge in [-0.2, -0.15) is 13.9 Å². The molecule has 12 heteroatoms. The topological polar surface area (TPSA) is 119 Å². The highest BCUT2D eigenvalue weighted by atomic mass is 32.2. The van der Waals surface area contributed by atoms with Crippen LogP contribution in [0.5, 0.6) is 0 Å². The van der Waals surface area contributed by atoms with E-state index < -0.39 is 25.4 Å². The van der Waals surface area contributed by atoms with Crippen LogP contribution in [0, 0.1) is 10.1 Å². The minimum Gasteiger partial charge on any atom is -0.390 e. The van der Waals surface area contributed by atoms with Crippen LogP contribution in [0.15, 0.2) is 40.5 Å². The summed E-state index contributed by atoms with van der Waals surface area (Å²) in [7, 11) is -3.20. The summed E-state index contributed by atoms with van der Waals surface area (Å²) in [4.78, 5) is 13.1. The van der Waals surface area contributed by atoms with Gasteiger partial charge in [-0.1, -0.05) is 4.98 Å². The molecule has 1 aromatic heterocycles. The third kappa shape index (κ3) is 3.53. The smallest absolute Gasteiger partial charge is 0.390 e. The van der Waals surface area contributed by atoms with Gasteiger partial charge >= 0.3 is 11.7 Å². The standard InChI is InChI=1S/C12H11F2N5O4S/c1-18-9(6-15-12(18)19(20)21)7-16-17-8-2-4-10(5-3-8)24(22,23)11(13)14/h2-7,11,17H,1H3. The van der Waals surface area contributed by atoms with Gasteiger partial charge in [0.25, 0.3) is 0 Å². The molecule has 0 bridgehead atoms. The Balaban J connectivity index is 2.09. The Kier molecular flexibility index (Phi) is 4.87. The lowest BCUT2D eigenvalue weighted by molar-refractivity contribution is -0.396. The number of nitrogens with zero attached hydrogens (tertiary/aromatic N) is 4. The third-order valence-corrected chi connectivity index (χ3v) is 4.37. The minimum absolute atomic E-state index is 0.344. The Morgan fingerprint density at radius 1 is 1.38 bits per heavy atom. The summed E-state index contributed by atoms with van der Waals surface area (Å²) >= 11 is 0. The van der Waals surface area contributed by atoms with Crippen molar-refractivity contribution in [2.75, 3.05) is 5.43 Å². The molecule has 0 radical (unpaired) electrons. The number of sulfone groups is 1. The lowest BCUT2D eigenvalue weighted by atomic mass is 10.3. The van der Waals surface area contributed by atoms with Gasteiger partial charge in [0.15, 0.2) is 5.69 Å². The van der Waals surface area contributed by atoms with Crippen LogP contribution in [0.3, 0.4) is 0 Å². The number of hydrogen-bond donors (Lipinski definition) is 1. The molecule has 0 aliphatic heterocycles. The summed E-state index contributed by atoms with van der Waals surface area (Å²) < 4.78 is 48.6. The molecule has 0 saturated carbocycles. The van der Waals surface area contributed by atoms with Crippen LogP contribution >= 0.6 is 0 Å². The number of alkyl halides is 2. The lowest BCUT2D eigenvalue weighted by Crippen LogP contribution is -2.11. The van der Waals surface area contributed by atoms with Gasteiger partial charge < -0.3 is 10.1 Å². The van der Waals surface area contributed by atoms with Crippen molar-refractivity contribution in [2.45, 2.75) is 10.7 Å². The van der Waals surface area contributed by atoms with Gasteiger partial charge in [-0.3, -0.25) is 5.43 Å². The largest absolute Gasteiger partial charge is 0.434 e. The highest BCUT2D eigenvalue weighted by Crippen LogP contribution is 2.20. The Bertz CT molecular complexity index is 877. The number of rotatable bonds is 6. The summed E-state index contributed by atoms with van der Waals surface area (Å²) in [6.07, 6.45) is 2.52. The van der Waals surface area contributed by atoms with E-state index in [1.165, 1.54) is 36.2 Å². The van der Waals surface area contributed by atoms with Crippen molar-refractivity contribution in [3.05, 3.63) is 46.3 Å². The maximum absolute atomic E-state index is 12.4. The zero-order valence-corrected chi connectivity index (χ0v) is 12.9. The maximum atomic E-state index is 12.4. The van der Waals surface area contributed by atoms with Gasteiger partial charge in [-0.05, 0) is 29.2 Å². The van der Waals surface area contributed by atoms with Crippen LogP contribution in [0.1, 0.15) is 5.69 Å². The van der Waals surface area contributed by atoms with Gasteiger partial charge in [-0.25, -0.2) is 13.0 Å². The lowest BCUT2D eigenvalue weighted by Gasteiger charge is -2.04. The molecule has 0 spiro atoms. The van der Waals surface area contributed by atoms with Crippen molar-refractivity contribution in [1.82, 2.24) is 9.55 Å². The van der Waals surface area contributed by atoms with Crippen molar-refractivity contribution in [2.24, 2.45) is 12.1 Å². The van der Waals surface area contributed by atoms with E-state index in [2.05, 4.69) is 15.5 Å². The molecule has 1 N–H and O–H groups in total. The van der Waals surface area contributed by atoms with Crippen molar-refractivity contribution in [3.63, 3.8) is 0 Å². The Morgan fingerprint density at radius 2 is 2.00 bits per heavy atom. The first-order valence-corrected chi connectivity index (χ1v) is 7.85. The molecular formula is C12H11F2N5O4S. The fourth-order valence-corrected chi connectivity index (χ4v) is 2.42. The fourth-order valence-electron chi connectivity index (χ4n) is 1.70. The normalized spacial score (nSPS) is 12.0.